The van der Waals surface area contributed by atoms with Gasteiger partial charge in [-0.1, -0.05) is 0 Å². The molecule has 15 atom stereocenters. The quantitative estimate of drug-likeness (QED) is 0.0538. The Balaban J connectivity index is 1.55. The Kier molecular flexibility index (Phi) is 11.8. The molecule has 0 radical (unpaired) electrons. The second kappa shape index (κ2) is 14.8. The van der Waals surface area contributed by atoms with Crippen LogP contribution in [-0.4, -0.2) is 154 Å². The fourth-order valence-corrected chi connectivity index (χ4v) is 6.47. The van der Waals surface area contributed by atoms with Gasteiger partial charge in [0.2, 0.25) is 0 Å². The minimum Gasteiger partial charge on any atom is -0.396 e. The van der Waals surface area contributed by atoms with Gasteiger partial charge in [0.1, 0.15) is 24.4 Å². The van der Waals surface area contributed by atoms with E-state index in [9.17, 15) is 30.3 Å². The highest BCUT2D eigenvalue weighted by Gasteiger charge is 2.61. The summed E-state index contributed by atoms with van der Waals surface area (Å²) < 4.78 is 18.0. The Morgan fingerprint density at radius 2 is 1.75 bits per heavy atom. The fourth-order valence-electron chi connectivity index (χ4n) is 6.47. The van der Waals surface area contributed by atoms with E-state index in [0.717, 1.165) is 0 Å². The molecule has 2 heterocycles. The molecule has 18 heteroatoms. The molecule has 0 bridgehead atoms. The van der Waals surface area contributed by atoms with Crippen molar-refractivity contribution in [3.8, 4) is 0 Å². The summed E-state index contributed by atoms with van der Waals surface area (Å²) in [4.78, 5) is 17.1. The number of nitrogens with one attached hydrogen (secondary N) is 2. The molecule has 18 nitrogen and oxygen atoms in total. The monoisotopic (exact) mass is 634 g/mol. The van der Waals surface area contributed by atoms with Gasteiger partial charge >= 0.3 is 0 Å². The zero-order valence-corrected chi connectivity index (χ0v) is 24.6. The van der Waals surface area contributed by atoms with Crippen LogP contribution in [0.4, 0.5) is 0 Å². The van der Waals surface area contributed by atoms with Gasteiger partial charge in [-0.05, 0) is 32.2 Å². The van der Waals surface area contributed by atoms with Gasteiger partial charge in [0.15, 0.2) is 17.9 Å². The molecule has 0 aromatic heterocycles. The topological polar surface area (TPSA) is 333 Å². The summed E-state index contributed by atoms with van der Waals surface area (Å²) in [6.45, 7) is 0.533. The molecule has 0 spiro atoms. The van der Waals surface area contributed by atoms with E-state index in [1.807, 2.05) is 0 Å². The molecule has 2 saturated carbocycles. The highest BCUT2D eigenvalue weighted by Crippen LogP contribution is 2.41. The first-order valence-corrected chi connectivity index (χ1v) is 15.1. The number of aliphatic imine (C=N–C) groups is 1. The van der Waals surface area contributed by atoms with Crippen LogP contribution in [0.3, 0.4) is 0 Å². The molecule has 18 N–H and O–H groups in total. The maximum Gasteiger partial charge on any atom is 0.254 e. The van der Waals surface area contributed by atoms with E-state index in [-0.39, 0.29) is 31.5 Å². The molecule has 44 heavy (non-hydrogen) atoms. The molecular formula is C26H50N8O10. The standard InChI is InChI=1S/C26H50N8O10/c27-11-3-2-10(8-32-4-1-5-35)42-21(11)16-12(28)6-13(33-24(40)26(41)7-15(26)34-25(30)31)22(19(16)38)44-23-20(39)17(29)18(37)14(9-36)43-23/h10-23,32,35-39,41H,1-9,27-29H2,(H,33,40)(H4,30,31,34). The summed E-state index contributed by atoms with van der Waals surface area (Å²) >= 11 is 0. The summed E-state index contributed by atoms with van der Waals surface area (Å²) in [6.07, 6.45) is -7.43. The third-order valence-electron chi connectivity index (χ3n) is 9.14. The molecule has 4 aliphatic rings. The zero-order chi connectivity index (χ0) is 32.3. The Morgan fingerprint density at radius 1 is 1.02 bits per heavy atom. The molecule has 15 unspecified atom stereocenters. The number of hydrogen-bond donors (Lipinski definition) is 13. The summed E-state index contributed by atoms with van der Waals surface area (Å²) in [5.41, 5.74) is 28.0. The second-order valence-corrected chi connectivity index (χ2v) is 12.4. The van der Waals surface area contributed by atoms with Crippen LogP contribution in [0.25, 0.3) is 0 Å². The number of guanidine groups is 1. The average Bonchev–Trinajstić information content (AvgIpc) is 3.63. The lowest BCUT2D eigenvalue weighted by Gasteiger charge is -2.51. The van der Waals surface area contributed by atoms with Crippen molar-refractivity contribution in [3.63, 3.8) is 0 Å². The van der Waals surface area contributed by atoms with Crippen molar-refractivity contribution in [2.75, 3.05) is 26.3 Å². The van der Waals surface area contributed by atoms with Gasteiger partial charge in [0.25, 0.3) is 5.91 Å². The highest BCUT2D eigenvalue weighted by molar-refractivity contribution is 5.90. The lowest BCUT2D eigenvalue weighted by atomic mass is 9.72. The first kappa shape index (κ1) is 35.1. The Hall–Kier alpha value is -1.78. The molecule has 4 fully saturated rings. The number of hydrogen-bond acceptors (Lipinski definition) is 15. The lowest BCUT2D eigenvalue weighted by molar-refractivity contribution is -0.306. The van der Waals surface area contributed by atoms with E-state index in [4.69, 9.17) is 48.0 Å². The SMILES string of the molecule is NC(N)=NC1CC1(O)C(=O)NC1CC(N)C(C2OC(CNCCCO)CCC2N)C(O)C1OC1OC(CO)C(O)C(N)C1O. The maximum absolute atomic E-state index is 13.2. The number of aliphatic hydroxyl groups is 6. The minimum absolute atomic E-state index is 0.0277. The van der Waals surface area contributed by atoms with Crippen LogP contribution in [0.5, 0.6) is 0 Å². The maximum atomic E-state index is 13.2. The van der Waals surface area contributed by atoms with Crippen molar-refractivity contribution in [3.05, 3.63) is 0 Å². The van der Waals surface area contributed by atoms with Crippen LogP contribution in [-0.2, 0) is 19.0 Å². The Morgan fingerprint density at radius 3 is 2.41 bits per heavy atom. The first-order chi connectivity index (χ1) is 20.8. The Labute approximate surface area is 255 Å². The van der Waals surface area contributed by atoms with Crippen molar-refractivity contribution >= 4 is 11.9 Å². The predicted octanol–water partition coefficient (Wildman–Crippen LogP) is -7.05. The summed E-state index contributed by atoms with van der Waals surface area (Å²) in [7, 11) is 0. The van der Waals surface area contributed by atoms with Gasteiger partial charge in [-0.25, -0.2) is 4.99 Å². The zero-order valence-electron chi connectivity index (χ0n) is 24.6. The number of amides is 1. The number of ether oxygens (including phenoxy) is 3. The molecule has 1 amide bonds. The summed E-state index contributed by atoms with van der Waals surface area (Å²) in [6, 6.07) is -4.34. The van der Waals surface area contributed by atoms with Crippen molar-refractivity contribution < 1.29 is 49.6 Å². The third-order valence-corrected chi connectivity index (χ3v) is 9.14. The number of rotatable bonds is 12. The number of carbonyl (C=O) groups is 1. The van der Waals surface area contributed by atoms with Crippen LogP contribution < -0.4 is 39.3 Å². The van der Waals surface area contributed by atoms with Crippen molar-refractivity contribution in [2.24, 2.45) is 39.6 Å². The third kappa shape index (κ3) is 7.60. The largest absolute Gasteiger partial charge is 0.396 e. The molecule has 0 aromatic carbocycles. The van der Waals surface area contributed by atoms with Gasteiger partial charge in [-0.2, -0.15) is 0 Å². The van der Waals surface area contributed by atoms with Gasteiger partial charge in [-0.3, -0.25) is 4.79 Å². The summed E-state index contributed by atoms with van der Waals surface area (Å²) in [5, 5.41) is 68.3. The molecule has 4 rings (SSSR count). The number of nitrogens with zero attached hydrogens (tertiary/aromatic N) is 1. The lowest BCUT2D eigenvalue weighted by Crippen LogP contribution is -2.69. The van der Waals surface area contributed by atoms with Crippen LogP contribution in [0.2, 0.25) is 0 Å². The van der Waals surface area contributed by atoms with Gasteiger partial charge in [-0.15, -0.1) is 0 Å². The van der Waals surface area contributed by atoms with Crippen LogP contribution in [0, 0.1) is 5.92 Å². The highest BCUT2D eigenvalue weighted by atomic mass is 16.7. The van der Waals surface area contributed by atoms with Crippen molar-refractivity contribution in [1.82, 2.24) is 10.6 Å². The van der Waals surface area contributed by atoms with E-state index in [1.54, 1.807) is 0 Å². The van der Waals surface area contributed by atoms with Gasteiger partial charge < -0.3 is 84.2 Å². The van der Waals surface area contributed by atoms with Crippen LogP contribution in [0.1, 0.15) is 32.1 Å². The van der Waals surface area contributed by atoms with Gasteiger partial charge in [0.05, 0.1) is 43.0 Å². The minimum atomic E-state index is -1.89. The van der Waals surface area contributed by atoms with Crippen molar-refractivity contribution in [1.29, 1.82) is 0 Å². The number of carbonyl (C=O) groups excluding carboxylic acids is 1. The van der Waals surface area contributed by atoms with E-state index >= 15 is 0 Å². The normalized spacial score (nSPS) is 45.8. The molecule has 2 aliphatic carbocycles. The molecule has 2 aliphatic heterocycles. The first-order valence-electron chi connectivity index (χ1n) is 15.1. The van der Waals surface area contributed by atoms with E-state index in [1.165, 1.54) is 0 Å². The van der Waals surface area contributed by atoms with Gasteiger partial charge in [0, 0.05) is 37.6 Å². The fraction of sp³-hybridized carbons (Fsp3) is 0.923. The smallest absolute Gasteiger partial charge is 0.254 e. The summed E-state index contributed by atoms with van der Waals surface area (Å²) in [5.74, 6) is -1.88. The Bertz CT molecular complexity index is 994. The van der Waals surface area contributed by atoms with Crippen LogP contribution in [0.15, 0.2) is 4.99 Å². The molecule has 254 valence electrons. The molecular weight excluding hydrogens is 584 g/mol. The predicted molar refractivity (Wildman–Crippen MR) is 154 cm³/mol. The van der Waals surface area contributed by atoms with E-state index < -0.39 is 97.2 Å². The average molecular weight is 635 g/mol. The van der Waals surface area contributed by atoms with E-state index in [0.29, 0.717) is 32.4 Å². The van der Waals surface area contributed by atoms with Crippen LogP contribution >= 0.6 is 0 Å². The number of nitrogens with two attached hydrogens (primary N) is 5. The molecule has 0 aromatic rings. The second-order valence-electron chi connectivity index (χ2n) is 12.4. The molecule has 2 saturated heterocycles. The van der Waals surface area contributed by atoms with E-state index in [2.05, 4.69) is 15.6 Å². The number of aliphatic hydroxyl groups excluding tert-OH is 5. The van der Waals surface area contributed by atoms with Crippen molar-refractivity contribution in [2.45, 2.75) is 117 Å².